The number of para-hydroxylation sites is 1. The fourth-order valence-corrected chi connectivity index (χ4v) is 4.87. The summed E-state index contributed by atoms with van der Waals surface area (Å²) in [6.07, 6.45) is 0.323. The number of carbonyl (C=O) groups excluding carboxylic acids is 3. The molecule has 1 aliphatic rings. The smallest absolute Gasteiger partial charge is 0.338 e. The predicted octanol–water partition coefficient (Wildman–Crippen LogP) is 6.88. The number of aryl methyl sites for hydroxylation is 2. The lowest BCUT2D eigenvalue weighted by atomic mass is 10.1. The van der Waals surface area contributed by atoms with Crippen molar-refractivity contribution < 1.29 is 28.2 Å². The van der Waals surface area contributed by atoms with Gasteiger partial charge in [-0.15, -0.1) is 0 Å². The zero-order valence-corrected chi connectivity index (χ0v) is 24.5. The van der Waals surface area contributed by atoms with Gasteiger partial charge in [0, 0.05) is 16.7 Å². The summed E-state index contributed by atoms with van der Waals surface area (Å²) in [5.74, 6) is -0.917. The van der Waals surface area contributed by atoms with Gasteiger partial charge in [0.1, 0.15) is 23.1 Å². The van der Waals surface area contributed by atoms with Gasteiger partial charge >= 0.3 is 12.0 Å². The quantitative estimate of drug-likeness (QED) is 0.296. The number of halogens is 2. The Morgan fingerprint density at radius 3 is 2.42 bits per heavy atom. The van der Waals surface area contributed by atoms with Gasteiger partial charge in [-0.05, 0) is 94.6 Å². The topological polar surface area (TPSA) is 97.0 Å². The maximum atomic E-state index is 14.7. The highest BCUT2D eigenvalue weighted by atomic mass is 79.9. The van der Waals surface area contributed by atoms with Gasteiger partial charge in [-0.25, -0.2) is 14.0 Å². The maximum Gasteiger partial charge on any atom is 0.338 e. The number of nitrogens with one attached hydrogen (secondary N) is 2. The third-order valence-electron chi connectivity index (χ3n) is 5.98. The summed E-state index contributed by atoms with van der Waals surface area (Å²) in [5, 5.41) is 5.13. The van der Waals surface area contributed by atoms with Crippen molar-refractivity contribution in [2.24, 2.45) is 0 Å². The van der Waals surface area contributed by atoms with Gasteiger partial charge in [0.2, 0.25) is 5.91 Å². The van der Waals surface area contributed by atoms with Gasteiger partial charge in [0.15, 0.2) is 11.6 Å². The highest BCUT2D eigenvalue weighted by Crippen LogP contribution is 2.33. The number of hydrogen-bond donors (Lipinski definition) is 2. The molecule has 1 heterocycles. The Bertz CT molecular complexity index is 1450. The van der Waals surface area contributed by atoms with Crippen LogP contribution >= 0.6 is 15.9 Å². The first-order chi connectivity index (χ1) is 18.8. The van der Waals surface area contributed by atoms with E-state index in [0.717, 1.165) is 11.1 Å². The fourth-order valence-electron chi connectivity index (χ4n) is 4.39. The highest BCUT2D eigenvalue weighted by Gasteiger charge is 2.34. The van der Waals surface area contributed by atoms with E-state index < -0.39 is 29.5 Å². The van der Waals surface area contributed by atoms with Crippen LogP contribution in [0.15, 0.2) is 59.1 Å². The molecule has 3 aromatic carbocycles. The van der Waals surface area contributed by atoms with Gasteiger partial charge < -0.3 is 25.0 Å². The molecule has 1 fully saturated rings. The first kappa shape index (κ1) is 29.1. The van der Waals surface area contributed by atoms with E-state index in [-0.39, 0.29) is 22.9 Å². The Balaban J connectivity index is 1.46. The minimum Gasteiger partial charge on any atom is -0.456 e. The minimum atomic E-state index is -0.848. The number of nitrogens with zero attached hydrogens (tertiary/aromatic N) is 1. The predicted molar refractivity (Wildman–Crippen MR) is 155 cm³/mol. The summed E-state index contributed by atoms with van der Waals surface area (Å²) in [6, 6.07) is 13.2. The number of carbonyl (C=O) groups is 3. The van der Waals surface area contributed by atoms with E-state index >= 15 is 0 Å². The lowest BCUT2D eigenvalue weighted by Gasteiger charge is -2.21. The molecule has 2 N–H and O–H groups in total. The van der Waals surface area contributed by atoms with Crippen molar-refractivity contribution in [1.82, 2.24) is 5.32 Å². The molecule has 1 saturated heterocycles. The zero-order valence-electron chi connectivity index (χ0n) is 22.9. The van der Waals surface area contributed by atoms with Crippen LogP contribution in [0.1, 0.15) is 48.7 Å². The van der Waals surface area contributed by atoms with Gasteiger partial charge in [-0.3, -0.25) is 4.79 Å². The van der Waals surface area contributed by atoms with E-state index in [1.165, 1.54) is 17.0 Å². The number of anilines is 2. The van der Waals surface area contributed by atoms with Gasteiger partial charge in [0.05, 0.1) is 5.56 Å². The lowest BCUT2D eigenvalue weighted by molar-refractivity contribution is -0.118. The van der Waals surface area contributed by atoms with Crippen LogP contribution in [-0.2, 0) is 9.53 Å². The summed E-state index contributed by atoms with van der Waals surface area (Å²) >= 11 is 3.39. The normalized spacial score (nSPS) is 15.1. The summed E-state index contributed by atoms with van der Waals surface area (Å²) in [6.45, 7) is 9.48. The number of amides is 3. The summed E-state index contributed by atoms with van der Waals surface area (Å²) in [4.78, 5) is 40.2. The Kier molecular flexibility index (Phi) is 8.48. The Morgan fingerprint density at radius 1 is 1.05 bits per heavy atom. The van der Waals surface area contributed by atoms with Crippen LogP contribution in [0.25, 0.3) is 0 Å². The van der Waals surface area contributed by atoms with Crippen LogP contribution in [0.2, 0.25) is 0 Å². The van der Waals surface area contributed by atoms with Crippen molar-refractivity contribution in [3.8, 4) is 11.5 Å². The standard InChI is InChI=1S/C30H31BrFN3O5/c1-17-11-18(2)13-22(12-17)39-25-8-6-7-23(32)26(25)34-29(38)33-24-9-10-35(27(24)36)21-15-19(14-20(31)16-21)28(37)40-30(3,4)5/h6-8,11-16,24H,9-10H2,1-5H3,(H2,33,34,38). The lowest BCUT2D eigenvalue weighted by Crippen LogP contribution is -2.43. The molecule has 10 heteroatoms. The van der Waals surface area contributed by atoms with E-state index in [1.807, 2.05) is 32.0 Å². The van der Waals surface area contributed by atoms with Crippen molar-refractivity contribution in [2.45, 2.75) is 52.7 Å². The van der Waals surface area contributed by atoms with Crippen molar-refractivity contribution in [3.63, 3.8) is 0 Å². The van der Waals surface area contributed by atoms with E-state index in [9.17, 15) is 18.8 Å². The largest absolute Gasteiger partial charge is 0.456 e. The SMILES string of the molecule is Cc1cc(C)cc(Oc2cccc(F)c2NC(=O)NC2CCN(c3cc(Br)cc(C(=O)OC(C)(C)C)c3)C2=O)c1. The average molecular weight is 612 g/mol. The van der Waals surface area contributed by atoms with E-state index in [1.54, 1.807) is 45.0 Å². The molecular weight excluding hydrogens is 581 g/mol. The van der Waals surface area contributed by atoms with Gasteiger partial charge in [0.25, 0.3) is 0 Å². The maximum absolute atomic E-state index is 14.7. The van der Waals surface area contributed by atoms with E-state index in [4.69, 9.17) is 9.47 Å². The molecule has 210 valence electrons. The average Bonchev–Trinajstić information content (AvgIpc) is 3.19. The van der Waals surface area contributed by atoms with Crippen LogP contribution in [0, 0.1) is 19.7 Å². The molecule has 1 atom stereocenters. The van der Waals surface area contributed by atoms with Crippen LogP contribution in [0.3, 0.4) is 0 Å². The number of hydrogen-bond acceptors (Lipinski definition) is 5. The molecule has 0 aromatic heterocycles. The molecule has 3 aromatic rings. The fraction of sp³-hybridized carbons (Fsp3) is 0.300. The summed E-state index contributed by atoms with van der Waals surface area (Å²) < 4.78 is 26.7. The van der Waals surface area contributed by atoms with Crippen LogP contribution in [0.4, 0.5) is 20.6 Å². The Hall–Kier alpha value is -3.92. The molecule has 0 spiro atoms. The number of urea groups is 1. The van der Waals surface area contributed by atoms with Crippen molar-refractivity contribution in [1.29, 1.82) is 0 Å². The highest BCUT2D eigenvalue weighted by molar-refractivity contribution is 9.10. The van der Waals surface area contributed by atoms with Crippen LogP contribution in [0.5, 0.6) is 11.5 Å². The van der Waals surface area contributed by atoms with E-state index in [0.29, 0.717) is 28.9 Å². The molecule has 0 radical (unpaired) electrons. The Morgan fingerprint density at radius 2 is 1.75 bits per heavy atom. The molecule has 0 saturated carbocycles. The molecular formula is C30H31BrFN3O5. The van der Waals surface area contributed by atoms with Crippen LogP contribution < -0.4 is 20.3 Å². The zero-order chi connectivity index (χ0) is 29.2. The van der Waals surface area contributed by atoms with Gasteiger partial charge in [-0.1, -0.05) is 28.1 Å². The molecule has 3 amide bonds. The second-order valence-corrected chi connectivity index (χ2v) is 11.6. The number of rotatable bonds is 6. The Labute approximate surface area is 241 Å². The summed E-state index contributed by atoms with van der Waals surface area (Å²) in [5.41, 5.74) is 1.92. The number of esters is 1. The third kappa shape index (κ3) is 7.18. The molecule has 4 rings (SSSR count). The number of ether oxygens (including phenoxy) is 2. The summed E-state index contributed by atoms with van der Waals surface area (Å²) in [7, 11) is 0. The second-order valence-electron chi connectivity index (χ2n) is 10.7. The molecule has 0 aliphatic carbocycles. The van der Waals surface area contributed by atoms with Crippen molar-refractivity contribution in [2.75, 3.05) is 16.8 Å². The second kappa shape index (κ2) is 11.7. The molecule has 8 nitrogen and oxygen atoms in total. The van der Waals surface area contributed by atoms with E-state index in [2.05, 4.69) is 26.6 Å². The minimum absolute atomic E-state index is 0.128. The molecule has 0 bridgehead atoms. The monoisotopic (exact) mass is 611 g/mol. The number of benzene rings is 3. The molecule has 1 unspecified atom stereocenters. The third-order valence-corrected chi connectivity index (χ3v) is 6.43. The first-order valence-electron chi connectivity index (χ1n) is 12.8. The van der Waals surface area contributed by atoms with Crippen molar-refractivity contribution in [3.05, 3.63) is 81.6 Å². The van der Waals surface area contributed by atoms with Crippen molar-refractivity contribution >= 4 is 45.2 Å². The first-order valence-corrected chi connectivity index (χ1v) is 13.6. The van der Waals surface area contributed by atoms with Gasteiger partial charge in [-0.2, -0.15) is 0 Å². The molecule has 1 aliphatic heterocycles. The van der Waals surface area contributed by atoms with Crippen LogP contribution in [-0.4, -0.2) is 36.1 Å². The molecule has 40 heavy (non-hydrogen) atoms.